The Bertz CT molecular complexity index is 1090. The molecule has 1 atom stereocenters. The van der Waals surface area contributed by atoms with Crippen molar-refractivity contribution < 1.29 is 9.53 Å². The van der Waals surface area contributed by atoms with Crippen LogP contribution in [-0.2, 0) is 11.3 Å². The van der Waals surface area contributed by atoms with Crippen molar-refractivity contribution in [1.29, 1.82) is 0 Å². The fourth-order valence-corrected chi connectivity index (χ4v) is 3.89. The van der Waals surface area contributed by atoms with Gasteiger partial charge < -0.3 is 24.8 Å². The molecule has 0 bridgehead atoms. The van der Waals surface area contributed by atoms with E-state index in [0.717, 1.165) is 37.2 Å². The molecule has 32 heavy (non-hydrogen) atoms. The Kier molecular flexibility index (Phi) is 6.94. The molecule has 1 aliphatic heterocycles. The summed E-state index contributed by atoms with van der Waals surface area (Å²) in [5.74, 6) is 1.52. The minimum Gasteiger partial charge on any atom is -0.493 e. The predicted octanol–water partition coefficient (Wildman–Crippen LogP) is 3.18. The zero-order valence-electron chi connectivity index (χ0n) is 18.8. The number of aryl methyl sites for hydroxylation is 1. The highest BCUT2D eigenvalue weighted by molar-refractivity contribution is 5.85. The van der Waals surface area contributed by atoms with Crippen LogP contribution >= 0.6 is 0 Å². The van der Waals surface area contributed by atoms with E-state index in [0.29, 0.717) is 12.6 Å². The topological polar surface area (TPSA) is 70.9 Å². The Morgan fingerprint density at radius 2 is 1.97 bits per heavy atom. The van der Waals surface area contributed by atoms with Crippen molar-refractivity contribution in [3.05, 3.63) is 66.4 Å². The number of hydrogen-bond donors (Lipinski definition) is 2. The molecule has 0 saturated heterocycles. The molecule has 0 spiro atoms. The number of carbonyl (C=O) groups is 1. The minimum atomic E-state index is -0.0303. The molecule has 168 valence electrons. The molecular formula is C25H31N5O2. The van der Waals surface area contributed by atoms with Crippen molar-refractivity contribution in [2.45, 2.75) is 25.4 Å². The van der Waals surface area contributed by atoms with Crippen LogP contribution in [0.1, 0.15) is 24.4 Å². The van der Waals surface area contributed by atoms with E-state index in [1.807, 2.05) is 18.2 Å². The number of likely N-dealkylation sites (N-methyl/N-ethyl adjacent to an activating group) is 1. The van der Waals surface area contributed by atoms with Gasteiger partial charge in [-0.2, -0.15) is 0 Å². The molecule has 7 nitrogen and oxygen atoms in total. The average molecular weight is 434 g/mol. The van der Waals surface area contributed by atoms with E-state index in [4.69, 9.17) is 4.74 Å². The number of rotatable bonds is 7. The zero-order valence-corrected chi connectivity index (χ0v) is 18.8. The molecule has 0 saturated carbocycles. The highest BCUT2D eigenvalue weighted by Gasteiger charge is 2.22. The fraction of sp³-hybridized carbons (Fsp3) is 0.360. The number of guanidine groups is 1. The Morgan fingerprint density at radius 1 is 1.16 bits per heavy atom. The standard InChI is InChI=1S/C25H31N5O2/c1-29(2)24(31)18-27-25(28-21-13-17-32-23-11-6-4-9-20(21)23)26-14-7-15-30-16-12-19-8-3-5-10-22(19)30/h3-6,8-12,16,21H,7,13-15,17-18H2,1-2H3,(H2,26,27,28). The van der Waals surface area contributed by atoms with Crippen LogP contribution in [0.25, 0.3) is 10.9 Å². The summed E-state index contributed by atoms with van der Waals surface area (Å²) in [7, 11) is 3.49. The molecule has 0 radical (unpaired) electrons. The number of hydrogen-bond acceptors (Lipinski definition) is 3. The predicted molar refractivity (Wildman–Crippen MR) is 128 cm³/mol. The molecule has 0 fully saturated rings. The molecular weight excluding hydrogens is 402 g/mol. The van der Waals surface area contributed by atoms with E-state index in [1.54, 1.807) is 19.0 Å². The maximum atomic E-state index is 12.1. The largest absolute Gasteiger partial charge is 0.493 e. The summed E-state index contributed by atoms with van der Waals surface area (Å²) in [6.07, 6.45) is 3.91. The first-order valence-electron chi connectivity index (χ1n) is 11.1. The lowest BCUT2D eigenvalue weighted by atomic mass is 10.0. The summed E-state index contributed by atoms with van der Waals surface area (Å²) in [6, 6.07) is 18.7. The van der Waals surface area contributed by atoms with Gasteiger partial charge in [0, 0.05) is 50.9 Å². The second-order valence-corrected chi connectivity index (χ2v) is 8.17. The lowest BCUT2D eigenvalue weighted by molar-refractivity contribution is -0.127. The van der Waals surface area contributed by atoms with Crippen molar-refractivity contribution in [3.8, 4) is 5.75 Å². The Labute approximate surface area is 189 Å². The SMILES string of the molecule is CN(C)C(=O)CN=C(NCCCn1ccc2ccccc21)NC1CCOc2ccccc21. The second kappa shape index (κ2) is 10.2. The number of benzene rings is 2. The highest BCUT2D eigenvalue weighted by Crippen LogP contribution is 2.31. The summed E-state index contributed by atoms with van der Waals surface area (Å²) < 4.78 is 8.05. The summed E-state index contributed by atoms with van der Waals surface area (Å²) in [4.78, 5) is 18.2. The molecule has 1 unspecified atom stereocenters. The van der Waals surface area contributed by atoms with Gasteiger partial charge in [-0.25, -0.2) is 4.99 Å². The van der Waals surface area contributed by atoms with E-state index < -0.39 is 0 Å². The molecule has 7 heteroatoms. The van der Waals surface area contributed by atoms with Gasteiger partial charge in [-0.15, -0.1) is 0 Å². The van der Waals surface area contributed by atoms with Crippen LogP contribution in [0.4, 0.5) is 0 Å². The van der Waals surface area contributed by atoms with E-state index in [-0.39, 0.29) is 18.5 Å². The average Bonchev–Trinajstić information content (AvgIpc) is 3.23. The lowest BCUT2D eigenvalue weighted by Crippen LogP contribution is -2.42. The third kappa shape index (κ3) is 5.22. The van der Waals surface area contributed by atoms with E-state index in [2.05, 4.69) is 62.8 Å². The van der Waals surface area contributed by atoms with Gasteiger partial charge in [0.05, 0.1) is 12.6 Å². The number of amides is 1. The molecule has 2 N–H and O–H groups in total. The minimum absolute atomic E-state index is 0.0303. The van der Waals surface area contributed by atoms with Gasteiger partial charge in [-0.05, 0) is 30.0 Å². The Balaban J connectivity index is 1.39. The maximum absolute atomic E-state index is 12.1. The monoisotopic (exact) mass is 433 g/mol. The van der Waals surface area contributed by atoms with E-state index in [1.165, 1.54) is 10.9 Å². The van der Waals surface area contributed by atoms with Crippen molar-refractivity contribution >= 4 is 22.8 Å². The third-order valence-electron chi connectivity index (χ3n) is 5.69. The molecule has 4 rings (SSSR count). The Morgan fingerprint density at radius 3 is 2.84 bits per heavy atom. The maximum Gasteiger partial charge on any atom is 0.243 e. The van der Waals surface area contributed by atoms with Crippen LogP contribution in [0.2, 0.25) is 0 Å². The quantitative estimate of drug-likeness (QED) is 0.341. The molecule has 1 amide bonds. The van der Waals surface area contributed by atoms with Crippen LogP contribution in [0, 0.1) is 0 Å². The van der Waals surface area contributed by atoms with Crippen LogP contribution in [0.3, 0.4) is 0 Å². The van der Waals surface area contributed by atoms with E-state index >= 15 is 0 Å². The molecule has 3 aromatic rings. The molecule has 2 heterocycles. The van der Waals surface area contributed by atoms with Gasteiger partial charge in [0.2, 0.25) is 5.91 Å². The van der Waals surface area contributed by atoms with Gasteiger partial charge in [0.15, 0.2) is 5.96 Å². The van der Waals surface area contributed by atoms with Crippen LogP contribution in [0.15, 0.2) is 65.8 Å². The van der Waals surface area contributed by atoms with E-state index in [9.17, 15) is 4.79 Å². The Hall–Kier alpha value is -3.48. The highest BCUT2D eigenvalue weighted by atomic mass is 16.5. The number of nitrogens with zero attached hydrogens (tertiary/aromatic N) is 3. The number of aliphatic imine (C=N–C) groups is 1. The van der Waals surface area contributed by atoms with Gasteiger partial charge in [-0.3, -0.25) is 4.79 Å². The van der Waals surface area contributed by atoms with Gasteiger partial charge in [0.1, 0.15) is 12.3 Å². The van der Waals surface area contributed by atoms with Crippen LogP contribution in [0.5, 0.6) is 5.75 Å². The van der Waals surface area contributed by atoms with Crippen LogP contribution < -0.4 is 15.4 Å². The summed E-state index contributed by atoms with van der Waals surface area (Å²) in [5.41, 5.74) is 2.36. The number of nitrogens with one attached hydrogen (secondary N) is 2. The second-order valence-electron chi connectivity index (χ2n) is 8.17. The van der Waals surface area contributed by atoms with Gasteiger partial charge in [0.25, 0.3) is 0 Å². The number of carbonyl (C=O) groups excluding carboxylic acids is 1. The first-order chi connectivity index (χ1) is 15.6. The zero-order chi connectivity index (χ0) is 22.3. The number of aromatic nitrogens is 1. The number of ether oxygens (including phenoxy) is 1. The molecule has 0 aliphatic carbocycles. The normalized spacial score (nSPS) is 15.7. The molecule has 1 aromatic heterocycles. The van der Waals surface area contributed by atoms with Gasteiger partial charge in [-0.1, -0.05) is 36.4 Å². The summed E-state index contributed by atoms with van der Waals surface area (Å²) in [6.45, 7) is 2.42. The smallest absolute Gasteiger partial charge is 0.243 e. The van der Waals surface area contributed by atoms with Crippen molar-refractivity contribution in [1.82, 2.24) is 20.1 Å². The summed E-state index contributed by atoms with van der Waals surface area (Å²) in [5, 5.41) is 8.18. The number of fused-ring (bicyclic) bond motifs is 2. The van der Waals surface area contributed by atoms with Crippen LogP contribution in [-0.4, -0.2) is 55.1 Å². The lowest BCUT2D eigenvalue weighted by Gasteiger charge is -2.28. The van der Waals surface area contributed by atoms with Crippen molar-refractivity contribution in [2.75, 3.05) is 33.8 Å². The summed E-state index contributed by atoms with van der Waals surface area (Å²) >= 11 is 0. The fourth-order valence-electron chi connectivity index (χ4n) is 3.89. The van der Waals surface area contributed by atoms with Crippen molar-refractivity contribution in [3.63, 3.8) is 0 Å². The number of para-hydroxylation sites is 2. The molecule has 1 aliphatic rings. The molecule has 2 aromatic carbocycles. The van der Waals surface area contributed by atoms with Crippen molar-refractivity contribution in [2.24, 2.45) is 4.99 Å². The first-order valence-corrected chi connectivity index (χ1v) is 11.1. The third-order valence-corrected chi connectivity index (χ3v) is 5.69. The first kappa shape index (κ1) is 21.7. The van der Waals surface area contributed by atoms with Gasteiger partial charge >= 0.3 is 0 Å².